The minimum Gasteiger partial charge on any atom is -0.376 e. The third-order valence-electron chi connectivity index (χ3n) is 4.36. The van der Waals surface area contributed by atoms with Crippen LogP contribution >= 0.6 is 0 Å². The Labute approximate surface area is 147 Å². The standard InChI is InChI=1S/C18H24N4O3/c1-13(15-5-7-16(8-6-15)22-12-19-11-20-22)21-18(23)14(2)25-10-17-4-3-9-24-17/h5-8,11-14,17H,3-4,9-10H2,1-2H3,(H,21,23)/t13-,14-,17+/m0/s1. The molecule has 0 saturated carbocycles. The maximum atomic E-state index is 12.3. The Hall–Kier alpha value is -2.25. The van der Waals surface area contributed by atoms with Crippen LogP contribution < -0.4 is 5.32 Å². The van der Waals surface area contributed by atoms with Crippen LogP contribution in [0.5, 0.6) is 0 Å². The van der Waals surface area contributed by atoms with Crippen molar-refractivity contribution in [3.63, 3.8) is 0 Å². The van der Waals surface area contributed by atoms with Crippen molar-refractivity contribution in [3.05, 3.63) is 42.5 Å². The first kappa shape index (κ1) is 17.6. The van der Waals surface area contributed by atoms with E-state index in [0.717, 1.165) is 30.7 Å². The molecule has 25 heavy (non-hydrogen) atoms. The Kier molecular flexibility index (Phi) is 5.78. The lowest BCUT2D eigenvalue weighted by Crippen LogP contribution is -2.37. The number of hydrogen-bond acceptors (Lipinski definition) is 5. The van der Waals surface area contributed by atoms with Crippen LogP contribution in [0, 0.1) is 0 Å². The van der Waals surface area contributed by atoms with E-state index >= 15 is 0 Å². The predicted molar refractivity (Wildman–Crippen MR) is 92.3 cm³/mol. The van der Waals surface area contributed by atoms with E-state index in [4.69, 9.17) is 9.47 Å². The number of benzene rings is 1. The quantitative estimate of drug-likeness (QED) is 0.831. The van der Waals surface area contributed by atoms with Gasteiger partial charge in [0.15, 0.2) is 0 Å². The van der Waals surface area contributed by atoms with E-state index in [1.54, 1.807) is 17.9 Å². The lowest BCUT2D eigenvalue weighted by atomic mass is 10.1. The summed E-state index contributed by atoms with van der Waals surface area (Å²) in [7, 11) is 0. The highest BCUT2D eigenvalue weighted by Gasteiger charge is 2.21. The molecule has 7 nitrogen and oxygen atoms in total. The number of hydrogen-bond donors (Lipinski definition) is 1. The average Bonchev–Trinajstić information content (AvgIpc) is 3.33. The summed E-state index contributed by atoms with van der Waals surface area (Å²) in [5.74, 6) is -0.120. The number of carbonyl (C=O) groups excluding carboxylic acids is 1. The first-order chi connectivity index (χ1) is 12.1. The van der Waals surface area contributed by atoms with Gasteiger partial charge >= 0.3 is 0 Å². The molecule has 1 aliphatic heterocycles. The molecule has 1 aromatic carbocycles. The zero-order valence-corrected chi connectivity index (χ0v) is 14.6. The van der Waals surface area contributed by atoms with Crippen molar-refractivity contribution in [1.82, 2.24) is 20.1 Å². The van der Waals surface area contributed by atoms with E-state index in [0.29, 0.717) is 6.61 Å². The van der Waals surface area contributed by atoms with Gasteiger partial charge in [-0.2, -0.15) is 5.10 Å². The molecular weight excluding hydrogens is 320 g/mol. The number of amides is 1. The van der Waals surface area contributed by atoms with Crippen molar-refractivity contribution in [3.8, 4) is 5.69 Å². The largest absolute Gasteiger partial charge is 0.376 e. The maximum absolute atomic E-state index is 12.3. The van der Waals surface area contributed by atoms with Crippen LogP contribution in [0.2, 0.25) is 0 Å². The van der Waals surface area contributed by atoms with Gasteiger partial charge in [0.05, 0.1) is 24.4 Å². The lowest BCUT2D eigenvalue weighted by molar-refractivity contribution is -0.134. The Morgan fingerprint density at radius 3 is 2.84 bits per heavy atom. The molecule has 0 bridgehead atoms. The van der Waals surface area contributed by atoms with Gasteiger partial charge in [-0.25, -0.2) is 9.67 Å². The van der Waals surface area contributed by atoms with E-state index < -0.39 is 6.10 Å². The summed E-state index contributed by atoms with van der Waals surface area (Å²) in [6, 6.07) is 7.74. The van der Waals surface area contributed by atoms with E-state index in [2.05, 4.69) is 15.4 Å². The number of aromatic nitrogens is 3. The van der Waals surface area contributed by atoms with Crippen LogP contribution in [-0.4, -0.2) is 46.1 Å². The Morgan fingerprint density at radius 2 is 2.20 bits per heavy atom. The fourth-order valence-electron chi connectivity index (χ4n) is 2.77. The summed E-state index contributed by atoms with van der Waals surface area (Å²) in [6.45, 7) is 4.98. The topological polar surface area (TPSA) is 78.3 Å². The monoisotopic (exact) mass is 344 g/mol. The summed E-state index contributed by atoms with van der Waals surface area (Å²) in [6.07, 6.45) is 4.83. The van der Waals surface area contributed by atoms with E-state index in [1.165, 1.54) is 6.33 Å². The molecule has 0 spiro atoms. The molecule has 1 aliphatic rings. The lowest BCUT2D eigenvalue weighted by Gasteiger charge is -2.20. The highest BCUT2D eigenvalue weighted by Crippen LogP contribution is 2.16. The van der Waals surface area contributed by atoms with E-state index in [9.17, 15) is 4.79 Å². The molecule has 0 radical (unpaired) electrons. The highest BCUT2D eigenvalue weighted by molar-refractivity contribution is 5.80. The zero-order valence-electron chi connectivity index (χ0n) is 14.6. The van der Waals surface area contributed by atoms with Gasteiger partial charge < -0.3 is 14.8 Å². The summed E-state index contributed by atoms with van der Waals surface area (Å²) < 4.78 is 12.8. The van der Waals surface area contributed by atoms with Crippen molar-refractivity contribution in [2.24, 2.45) is 0 Å². The van der Waals surface area contributed by atoms with Gasteiger partial charge in [-0.3, -0.25) is 4.79 Å². The van der Waals surface area contributed by atoms with Crippen LogP contribution in [0.3, 0.4) is 0 Å². The number of rotatable bonds is 7. The average molecular weight is 344 g/mol. The molecule has 1 saturated heterocycles. The molecule has 1 fully saturated rings. The molecule has 7 heteroatoms. The van der Waals surface area contributed by atoms with Crippen molar-refractivity contribution >= 4 is 5.91 Å². The third kappa shape index (κ3) is 4.64. The molecule has 1 aromatic heterocycles. The Bertz CT molecular complexity index is 666. The first-order valence-corrected chi connectivity index (χ1v) is 8.62. The molecule has 3 rings (SSSR count). The van der Waals surface area contributed by atoms with Gasteiger partial charge in [-0.05, 0) is 44.4 Å². The fraction of sp³-hybridized carbons (Fsp3) is 0.500. The molecule has 0 unspecified atom stereocenters. The smallest absolute Gasteiger partial charge is 0.249 e. The van der Waals surface area contributed by atoms with E-state index in [-0.39, 0.29) is 18.1 Å². The molecule has 1 N–H and O–H groups in total. The summed E-state index contributed by atoms with van der Waals surface area (Å²) in [4.78, 5) is 16.2. The Balaban J connectivity index is 1.50. The van der Waals surface area contributed by atoms with Gasteiger partial charge in [-0.15, -0.1) is 0 Å². The van der Waals surface area contributed by atoms with Crippen molar-refractivity contribution < 1.29 is 14.3 Å². The second-order valence-corrected chi connectivity index (χ2v) is 6.27. The normalized spacial score (nSPS) is 19.5. The van der Waals surface area contributed by atoms with Gasteiger partial charge in [0, 0.05) is 6.61 Å². The van der Waals surface area contributed by atoms with Crippen molar-refractivity contribution in [2.75, 3.05) is 13.2 Å². The van der Waals surface area contributed by atoms with Gasteiger partial charge in [0.1, 0.15) is 18.8 Å². The fourth-order valence-corrected chi connectivity index (χ4v) is 2.77. The van der Waals surface area contributed by atoms with Crippen LogP contribution in [0.15, 0.2) is 36.9 Å². The maximum Gasteiger partial charge on any atom is 0.249 e. The van der Waals surface area contributed by atoms with Crippen molar-refractivity contribution in [2.45, 2.75) is 44.9 Å². The van der Waals surface area contributed by atoms with Crippen LogP contribution in [-0.2, 0) is 14.3 Å². The summed E-state index contributed by atoms with van der Waals surface area (Å²) in [5.41, 5.74) is 1.94. The second kappa shape index (κ2) is 8.22. The van der Waals surface area contributed by atoms with Gasteiger partial charge in [-0.1, -0.05) is 12.1 Å². The highest BCUT2D eigenvalue weighted by atomic mass is 16.5. The third-order valence-corrected chi connectivity index (χ3v) is 4.36. The molecule has 134 valence electrons. The molecular formula is C18H24N4O3. The minimum atomic E-state index is -0.499. The molecule has 1 amide bonds. The molecule has 2 heterocycles. The SMILES string of the molecule is C[C@H](OC[C@H]1CCCO1)C(=O)N[C@@H](C)c1ccc(-n2cncn2)cc1. The first-order valence-electron chi connectivity index (χ1n) is 8.62. The Morgan fingerprint density at radius 1 is 1.40 bits per heavy atom. The summed E-state index contributed by atoms with van der Waals surface area (Å²) in [5, 5.41) is 7.08. The molecule has 2 aromatic rings. The van der Waals surface area contributed by atoms with Gasteiger partial charge in [0.25, 0.3) is 0 Å². The van der Waals surface area contributed by atoms with Crippen molar-refractivity contribution in [1.29, 1.82) is 0 Å². The minimum absolute atomic E-state index is 0.105. The zero-order chi connectivity index (χ0) is 17.6. The van der Waals surface area contributed by atoms with Crippen LogP contribution in [0.25, 0.3) is 5.69 Å². The van der Waals surface area contributed by atoms with Crippen LogP contribution in [0.1, 0.15) is 38.3 Å². The number of carbonyl (C=O) groups is 1. The van der Waals surface area contributed by atoms with E-state index in [1.807, 2.05) is 31.2 Å². The molecule has 3 atom stereocenters. The van der Waals surface area contributed by atoms with Crippen LogP contribution in [0.4, 0.5) is 0 Å². The molecule has 0 aliphatic carbocycles. The summed E-state index contributed by atoms with van der Waals surface area (Å²) >= 11 is 0. The second-order valence-electron chi connectivity index (χ2n) is 6.27. The number of ether oxygens (including phenoxy) is 2. The number of nitrogens with one attached hydrogen (secondary N) is 1. The number of nitrogens with zero attached hydrogens (tertiary/aromatic N) is 3. The predicted octanol–water partition coefficient (Wildman–Crippen LogP) is 2.03. The van der Waals surface area contributed by atoms with Gasteiger partial charge in [0.2, 0.25) is 5.91 Å².